The molecule has 1 aromatic carbocycles. The molecule has 0 radical (unpaired) electrons. The SMILES string of the molecule is COc1ccc2nc(F)[nH]c2c1. The third kappa shape index (κ3) is 1.01. The van der Waals surface area contributed by atoms with Gasteiger partial charge in [0.2, 0.25) is 0 Å². The molecule has 0 atom stereocenters. The van der Waals surface area contributed by atoms with Gasteiger partial charge < -0.3 is 9.72 Å². The Morgan fingerprint density at radius 2 is 2.33 bits per heavy atom. The zero-order chi connectivity index (χ0) is 8.55. The number of nitrogens with one attached hydrogen (secondary N) is 1. The highest BCUT2D eigenvalue weighted by Crippen LogP contribution is 2.17. The molecular formula is C8H7FN2O. The summed E-state index contributed by atoms with van der Waals surface area (Å²) in [6.07, 6.45) is -0.571. The molecule has 1 heterocycles. The predicted molar refractivity (Wildman–Crippen MR) is 42.6 cm³/mol. The number of aromatic amines is 1. The Labute approximate surface area is 68.2 Å². The smallest absolute Gasteiger partial charge is 0.287 e. The summed E-state index contributed by atoms with van der Waals surface area (Å²) in [6.45, 7) is 0. The largest absolute Gasteiger partial charge is 0.497 e. The first-order valence-electron chi connectivity index (χ1n) is 3.49. The van der Waals surface area contributed by atoms with Gasteiger partial charge in [0.05, 0.1) is 18.1 Å². The summed E-state index contributed by atoms with van der Waals surface area (Å²) in [6, 6.07) is 5.14. The van der Waals surface area contributed by atoms with E-state index in [1.165, 1.54) is 0 Å². The molecule has 12 heavy (non-hydrogen) atoms. The average molecular weight is 166 g/mol. The first-order valence-corrected chi connectivity index (χ1v) is 3.49. The molecule has 0 fully saturated rings. The van der Waals surface area contributed by atoms with Gasteiger partial charge in [-0.2, -0.15) is 4.39 Å². The van der Waals surface area contributed by atoms with Gasteiger partial charge in [0.1, 0.15) is 5.75 Å². The van der Waals surface area contributed by atoms with E-state index in [0.29, 0.717) is 16.8 Å². The maximum atomic E-state index is 12.5. The van der Waals surface area contributed by atoms with Crippen LogP contribution >= 0.6 is 0 Å². The monoisotopic (exact) mass is 166 g/mol. The van der Waals surface area contributed by atoms with Gasteiger partial charge in [-0.25, -0.2) is 4.98 Å². The molecule has 0 bridgehead atoms. The summed E-state index contributed by atoms with van der Waals surface area (Å²) in [5.74, 6) is 0.686. The van der Waals surface area contributed by atoms with Gasteiger partial charge in [-0.15, -0.1) is 0 Å². The summed E-state index contributed by atoms with van der Waals surface area (Å²) in [4.78, 5) is 6.09. The minimum Gasteiger partial charge on any atom is -0.497 e. The van der Waals surface area contributed by atoms with Crippen molar-refractivity contribution >= 4 is 11.0 Å². The van der Waals surface area contributed by atoms with Crippen LogP contribution in [-0.4, -0.2) is 17.1 Å². The molecule has 3 nitrogen and oxygen atoms in total. The Hall–Kier alpha value is -1.58. The normalized spacial score (nSPS) is 10.5. The Morgan fingerprint density at radius 1 is 1.50 bits per heavy atom. The molecule has 0 unspecified atom stereocenters. The van der Waals surface area contributed by atoms with E-state index >= 15 is 0 Å². The minimum absolute atomic E-state index is 0.571. The number of hydrogen-bond donors (Lipinski definition) is 1. The van der Waals surface area contributed by atoms with Gasteiger partial charge in [0.15, 0.2) is 0 Å². The second-order valence-corrected chi connectivity index (χ2v) is 2.41. The highest BCUT2D eigenvalue weighted by atomic mass is 19.1. The number of rotatable bonds is 1. The molecule has 0 aliphatic carbocycles. The summed E-state index contributed by atoms with van der Waals surface area (Å²) < 4.78 is 17.5. The number of methoxy groups -OCH3 is 1. The second-order valence-electron chi connectivity index (χ2n) is 2.41. The average Bonchev–Trinajstić information content (AvgIpc) is 2.43. The van der Waals surface area contributed by atoms with E-state index in [1.54, 1.807) is 25.3 Å². The third-order valence-electron chi connectivity index (χ3n) is 1.66. The lowest BCUT2D eigenvalue weighted by atomic mass is 10.3. The van der Waals surface area contributed by atoms with E-state index < -0.39 is 6.08 Å². The van der Waals surface area contributed by atoms with E-state index in [9.17, 15) is 4.39 Å². The van der Waals surface area contributed by atoms with Crippen LogP contribution in [0.3, 0.4) is 0 Å². The van der Waals surface area contributed by atoms with Crippen LogP contribution < -0.4 is 4.74 Å². The molecule has 0 amide bonds. The van der Waals surface area contributed by atoms with Crippen LogP contribution in [0.4, 0.5) is 4.39 Å². The van der Waals surface area contributed by atoms with E-state index in [0.717, 1.165) is 0 Å². The summed E-state index contributed by atoms with van der Waals surface area (Å²) in [5, 5.41) is 0. The highest BCUT2D eigenvalue weighted by Gasteiger charge is 2.01. The molecular weight excluding hydrogens is 159 g/mol. The first kappa shape index (κ1) is 7.09. The maximum Gasteiger partial charge on any atom is 0.287 e. The first-order chi connectivity index (χ1) is 5.79. The molecule has 1 N–H and O–H groups in total. The Bertz CT molecular complexity index is 410. The van der Waals surface area contributed by atoms with Gasteiger partial charge >= 0.3 is 0 Å². The Morgan fingerprint density at radius 3 is 3.08 bits per heavy atom. The van der Waals surface area contributed by atoms with E-state index in [4.69, 9.17) is 4.74 Å². The number of ether oxygens (including phenoxy) is 1. The van der Waals surface area contributed by atoms with Crippen molar-refractivity contribution in [1.82, 2.24) is 9.97 Å². The maximum absolute atomic E-state index is 12.5. The van der Waals surface area contributed by atoms with Crippen LogP contribution in [0.5, 0.6) is 5.75 Å². The van der Waals surface area contributed by atoms with Gasteiger partial charge in [0.25, 0.3) is 6.08 Å². The molecule has 1 aromatic heterocycles. The van der Waals surface area contributed by atoms with Gasteiger partial charge in [-0.1, -0.05) is 0 Å². The summed E-state index contributed by atoms with van der Waals surface area (Å²) in [5.41, 5.74) is 1.25. The molecule has 2 aromatic rings. The van der Waals surface area contributed by atoms with Crippen LogP contribution in [0, 0.1) is 6.08 Å². The van der Waals surface area contributed by atoms with Crippen molar-refractivity contribution in [3.63, 3.8) is 0 Å². The summed E-state index contributed by atoms with van der Waals surface area (Å²) in [7, 11) is 1.56. The van der Waals surface area contributed by atoms with Gasteiger partial charge in [-0.05, 0) is 12.1 Å². The minimum atomic E-state index is -0.571. The lowest BCUT2D eigenvalue weighted by Crippen LogP contribution is -1.81. The van der Waals surface area contributed by atoms with Crippen molar-refractivity contribution in [3.8, 4) is 5.75 Å². The van der Waals surface area contributed by atoms with Crippen LogP contribution in [0.15, 0.2) is 18.2 Å². The number of hydrogen-bond acceptors (Lipinski definition) is 2. The number of aromatic nitrogens is 2. The van der Waals surface area contributed by atoms with Crippen molar-refractivity contribution < 1.29 is 9.13 Å². The molecule has 0 aliphatic rings. The molecule has 0 saturated heterocycles. The lowest BCUT2D eigenvalue weighted by Gasteiger charge is -1.96. The quantitative estimate of drug-likeness (QED) is 0.700. The molecule has 0 spiro atoms. The van der Waals surface area contributed by atoms with Crippen molar-refractivity contribution in [2.24, 2.45) is 0 Å². The molecule has 0 aliphatic heterocycles. The second kappa shape index (κ2) is 2.48. The van der Waals surface area contributed by atoms with Crippen molar-refractivity contribution in [1.29, 1.82) is 0 Å². The van der Waals surface area contributed by atoms with Crippen LogP contribution in [0.1, 0.15) is 0 Å². The molecule has 2 rings (SSSR count). The third-order valence-corrected chi connectivity index (χ3v) is 1.66. The van der Waals surface area contributed by atoms with Gasteiger partial charge in [0, 0.05) is 6.07 Å². The van der Waals surface area contributed by atoms with E-state index in [-0.39, 0.29) is 0 Å². The van der Waals surface area contributed by atoms with Crippen LogP contribution in [0.25, 0.3) is 11.0 Å². The predicted octanol–water partition coefficient (Wildman–Crippen LogP) is 1.71. The van der Waals surface area contributed by atoms with E-state index in [2.05, 4.69) is 9.97 Å². The fourth-order valence-electron chi connectivity index (χ4n) is 1.08. The van der Waals surface area contributed by atoms with Crippen molar-refractivity contribution in [2.45, 2.75) is 0 Å². The zero-order valence-corrected chi connectivity index (χ0v) is 6.47. The number of benzene rings is 1. The van der Waals surface area contributed by atoms with Crippen LogP contribution in [0.2, 0.25) is 0 Å². The van der Waals surface area contributed by atoms with E-state index in [1.807, 2.05) is 0 Å². The number of fused-ring (bicyclic) bond motifs is 1. The van der Waals surface area contributed by atoms with Crippen molar-refractivity contribution in [2.75, 3.05) is 7.11 Å². The topological polar surface area (TPSA) is 37.9 Å². The number of halogens is 1. The highest BCUT2D eigenvalue weighted by molar-refractivity contribution is 5.76. The fourth-order valence-corrected chi connectivity index (χ4v) is 1.08. The van der Waals surface area contributed by atoms with Crippen molar-refractivity contribution in [3.05, 3.63) is 24.3 Å². The molecule has 62 valence electrons. The number of imidazole rings is 1. The molecule has 4 heteroatoms. The fraction of sp³-hybridized carbons (Fsp3) is 0.125. The van der Waals surface area contributed by atoms with Gasteiger partial charge in [-0.3, -0.25) is 0 Å². The zero-order valence-electron chi connectivity index (χ0n) is 6.47. The Balaban J connectivity index is 2.66. The number of nitrogens with zero attached hydrogens (tertiary/aromatic N) is 1. The number of H-pyrrole nitrogens is 1. The lowest BCUT2D eigenvalue weighted by molar-refractivity contribution is 0.415. The van der Waals surface area contributed by atoms with Crippen LogP contribution in [-0.2, 0) is 0 Å². The molecule has 0 saturated carbocycles. The standard InChI is InChI=1S/C8H7FN2O/c1-12-5-2-3-6-7(4-5)11-8(9)10-6/h2-4H,1H3,(H,10,11). The Kier molecular flexibility index (Phi) is 1.46. The summed E-state index contributed by atoms with van der Waals surface area (Å²) >= 11 is 0.